The first-order valence-corrected chi connectivity index (χ1v) is 3.84. The standard InChI is InChI=1S/C8H9N3O/c1-6-4-7-5-9-2-3-11(7)8(12)10-6/h2-3,5,7H,4H2,1H3. The number of hydrogen-bond acceptors (Lipinski definition) is 2. The smallest absolute Gasteiger partial charge is 0.289 e. The molecule has 4 heteroatoms. The number of carbonyl (C=O) groups is 1. The van der Waals surface area contributed by atoms with Crippen LogP contribution in [-0.4, -0.2) is 28.9 Å². The van der Waals surface area contributed by atoms with Crippen molar-refractivity contribution in [2.24, 2.45) is 9.98 Å². The molecule has 0 saturated heterocycles. The summed E-state index contributed by atoms with van der Waals surface area (Å²) >= 11 is 0. The summed E-state index contributed by atoms with van der Waals surface area (Å²) in [5.74, 6) is 0. The monoisotopic (exact) mass is 163 g/mol. The molecule has 2 aliphatic heterocycles. The molecule has 2 amide bonds. The molecular weight excluding hydrogens is 154 g/mol. The lowest BCUT2D eigenvalue weighted by Gasteiger charge is -2.29. The molecule has 0 N–H and O–H groups in total. The first-order chi connectivity index (χ1) is 5.77. The van der Waals surface area contributed by atoms with Crippen LogP contribution in [0.5, 0.6) is 0 Å². The van der Waals surface area contributed by atoms with Crippen molar-refractivity contribution in [3.05, 3.63) is 12.4 Å². The quantitative estimate of drug-likeness (QED) is 0.529. The molecule has 0 aromatic heterocycles. The van der Waals surface area contributed by atoms with Crippen LogP contribution in [0.1, 0.15) is 13.3 Å². The SMILES string of the molecule is CC1=NC(=O)N2C=CN=CC2C1. The van der Waals surface area contributed by atoms with Crippen molar-refractivity contribution in [1.29, 1.82) is 0 Å². The Kier molecular flexibility index (Phi) is 1.53. The fraction of sp³-hybridized carbons (Fsp3) is 0.375. The molecular formula is C8H9N3O. The summed E-state index contributed by atoms with van der Waals surface area (Å²) in [6.45, 7) is 1.86. The van der Waals surface area contributed by atoms with Gasteiger partial charge in [-0.05, 0) is 6.92 Å². The molecule has 0 aromatic carbocycles. The van der Waals surface area contributed by atoms with Gasteiger partial charge in [0.05, 0.1) is 6.04 Å². The molecule has 0 spiro atoms. The van der Waals surface area contributed by atoms with Gasteiger partial charge in [-0.2, -0.15) is 0 Å². The highest BCUT2D eigenvalue weighted by molar-refractivity contribution is 6.00. The number of hydrogen-bond donors (Lipinski definition) is 0. The first kappa shape index (κ1) is 7.21. The minimum atomic E-state index is -0.189. The van der Waals surface area contributed by atoms with Gasteiger partial charge in [-0.25, -0.2) is 9.79 Å². The number of urea groups is 1. The Labute approximate surface area is 70.3 Å². The lowest BCUT2D eigenvalue weighted by atomic mass is 10.1. The predicted molar refractivity (Wildman–Crippen MR) is 46.4 cm³/mol. The lowest BCUT2D eigenvalue weighted by molar-refractivity contribution is 0.217. The maximum absolute atomic E-state index is 11.3. The molecule has 12 heavy (non-hydrogen) atoms. The van der Waals surface area contributed by atoms with Crippen LogP contribution in [0.3, 0.4) is 0 Å². The van der Waals surface area contributed by atoms with E-state index in [0.717, 1.165) is 12.1 Å². The Hall–Kier alpha value is -1.45. The Bertz CT molecular complexity index is 303. The van der Waals surface area contributed by atoms with Gasteiger partial charge in [-0.1, -0.05) is 0 Å². The second-order valence-corrected chi connectivity index (χ2v) is 2.90. The maximum Gasteiger partial charge on any atom is 0.348 e. The molecule has 4 nitrogen and oxygen atoms in total. The fourth-order valence-electron chi connectivity index (χ4n) is 1.37. The third-order valence-electron chi connectivity index (χ3n) is 1.94. The number of carbonyl (C=O) groups excluding carboxylic acids is 1. The van der Waals surface area contributed by atoms with Crippen molar-refractivity contribution in [1.82, 2.24) is 4.90 Å². The van der Waals surface area contributed by atoms with E-state index < -0.39 is 0 Å². The second-order valence-electron chi connectivity index (χ2n) is 2.90. The van der Waals surface area contributed by atoms with Gasteiger partial charge in [-0.3, -0.25) is 9.89 Å². The first-order valence-electron chi connectivity index (χ1n) is 3.84. The molecule has 0 aliphatic carbocycles. The van der Waals surface area contributed by atoms with Crippen LogP contribution in [0, 0.1) is 0 Å². The third kappa shape index (κ3) is 1.05. The van der Waals surface area contributed by atoms with Gasteiger partial charge in [-0.15, -0.1) is 0 Å². The van der Waals surface area contributed by atoms with Crippen molar-refractivity contribution in [2.75, 3.05) is 0 Å². The van der Waals surface area contributed by atoms with Crippen LogP contribution in [0.4, 0.5) is 4.79 Å². The second kappa shape index (κ2) is 2.55. The van der Waals surface area contributed by atoms with Gasteiger partial charge in [0.25, 0.3) is 0 Å². The van der Waals surface area contributed by atoms with Crippen molar-refractivity contribution in [2.45, 2.75) is 19.4 Å². The Morgan fingerprint density at radius 1 is 1.67 bits per heavy atom. The molecule has 2 heterocycles. The van der Waals surface area contributed by atoms with Crippen LogP contribution in [0.2, 0.25) is 0 Å². The topological polar surface area (TPSA) is 45.0 Å². The summed E-state index contributed by atoms with van der Waals surface area (Å²) in [6.07, 6.45) is 5.84. The van der Waals surface area contributed by atoms with Crippen molar-refractivity contribution in [3.8, 4) is 0 Å². The molecule has 0 fully saturated rings. The predicted octanol–water partition coefficient (Wildman–Crippen LogP) is 1.20. The molecule has 0 saturated carbocycles. The minimum Gasteiger partial charge on any atom is -0.289 e. The lowest BCUT2D eigenvalue weighted by Crippen LogP contribution is -2.41. The number of rotatable bonds is 0. The molecule has 2 aliphatic rings. The van der Waals surface area contributed by atoms with E-state index in [9.17, 15) is 4.79 Å². The van der Waals surface area contributed by atoms with Crippen molar-refractivity contribution in [3.63, 3.8) is 0 Å². The van der Waals surface area contributed by atoms with E-state index in [2.05, 4.69) is 9.98 Å². The van der Waals surface area contributed by atoms with Gasteiger partial charge in [0, 0.05) is 30.7 Å². The van der Waals surface area contributed by atoms with Gasteiger partial charge < -0.3 is 0 Å². The zero-order valence-corrected chi connectivity index (χ0v) is 6.77. The van der Waals surface area contributed by atoms with E-state index in [0.29, 0.717) is 0 Å². The highest BCUT2D eigenvalue weighted by Gasteiger charge is 2.26. The zero-order chi connectivity index (χ0) is 8.55. The third-order valence-corrected chi connectivity index (χ3v) is 1.94. The minimum absolute atomic E-state index is 0.0833. The zero-order valence-electron chi connectivity index (χ0n) is 6.77. The molecule has 1 unspecified atom stereocenters. The normalized spacial score (nSPS) is 27.1. The van der Waals surface area contributed by atoms with Gasteiger partial charge in [0.15, 0.2) is 0 Å². The Morgan fingerprint density at radius 2 is 2.50 bits per heavy atom. The van der Waals surface area contributed by atoms with E-state index in [4.69, 9.17) is 0 Å². The molecule has 0 aromatic rings. The number of aliphatic imine (C=N–C) groups is 2. The molecule has 62 valence electrons. The van der Waals surface area contributed by atoms with E-state index in [1.54, 1.807) is 23.5 Å². The fourth-order valence-corrected chi connectivity index (χ4v) is 1.37. The summed E-state index contributed by atoms with van der Waals surface area (Å²) in [7, 11) is 0. The largest absolute Gasteiger partial charge is 0.348 e. The Morgan fingerprint density at radius 3 is 3.33 bits per heavy atom. The summed E-state index contributed by atoms with van der Waals surface area (Å²) in [6, 6.07) is -0.105. The van der Waals surface area contributed by atoms with Crippen LogP contribution in [0.15, 0.2) is 22.4 Å². The van der Waals surface area contributed by atoms with Crippen LogP contribution >= 0.6 is 0 Å². The Balaban J connectivity index is 2.32. The molecule has 2 rings (SSSR count). The van der Waals surface area contributed by atoms with Crippen molar-refractivity contribution >= 4 is 18.0 Å². The van der Waals surface area contributed by atoms with Crippen LogP contribution in [0.25, 0.3) is 0 Å². The average Bonchev–Trinajstić information content (AvgIpc) is 2.04. The summed E-state index contributed by atoms with van der Waals surface area (Å²) in [4.78, 5) is 20.7. The van der Waals surface area contributed by atoms with E-state index in [1.807, 2.05) is 6.92 Å². The highest BCUT2D eigenvalue weighted by Crippen LogP contribution is 2.15. The van der Waals surface area contributed by atoms with E-state index in [-0.39, 0.29) is 12.1 Å². The van der Waals surface area contributed by atoms with Gasteiger partial charge in [0.2, 0.25) is 0 Å². The van der Waals surface area contributed by atoms with Crippen LogP contribution in [-0.2, 0) is 0 Å². The van der Waals surface area contributed by atoms with E-state index >= 15 is 0 Å². The summed E-state index contributed by atoms with van der Waals surface area (Å²) < 4.78 is 0. The van der Waals surface area contributed by atoms with Crippen LogP contribution < -0.4 is 0 Å². The van der Waals surface area contributed by atoms with E-state index in [1.165, 1.54) is 0 Å². The van der Waals surface area contributed by atoms with Gasteiger partial charge >= 0.3 is 6.03 Å². The molecule has 1 atom stereocenters. The highest BCUT2D eigenvalue weighted by atomic mass is 16.2. The number of amides is 2. The van der Waals surface area contributed by atoms with Gasteiger partial charge in [0.1, 0.15) is 0 Å². The summed E-state index contributed by atoms with van der Waals surface area (Å²) in [5, 5.41) is 0. The maximum atomic E-state index is 11.3. The molecule has 0 bridgehead atoms. The summed E-state index contributed by atoms with van der Waals surface area (Å²) in [5.41, 5.74) is 0.878. The average molecular weight is 163 g/mol. The van der Waals surface area contributed by atoms with Crippen molar-refractivity contribution < 1.29 is 4.79 Å². The molecule has 0 radical (unpaired) electrons. The number of nitrogens with zero attached hydrogens (tertiary/aromatic N) is 3. The number of fused-ring (bicyclic) bond motifs is 1.